The van der Waals surface area contributed by atoms with Crippen molar-refractivity contribution in [2.24, 2.45) is 29.6 Å². The predicted octanol–water partition coefficient (Wildman–Crippen LogP) is 7.33. The fourth-order valence-electron chi connectivity index (χ4n) is 11.2. The molecule has 15 heteroatoms. The number of piperidine rings is 1. The van der Waals surface area contributed by atoms with Crippen LogP contribution in [0, 0.1) is 29.6 Å². The molecule has 68 heavy (non-hydrogen) atoms. The Labute approximate surface area is 401 Å². The highest BCUT2D eigenvalue weighted by molar-refractivity contribution is 6.39. The average Bonchev–Trinajstić information content (AvgIpc) is 3.77. The summed E-state index contributed by atoms with van der Waals surface area (Å²) in [6.45, 7) is 11.3. The van der Waals surface area contributed by atoms with E-state index < -0.39 is 77.4 Å². The number of cyclic esters (lactones) is 1. The summed E-state index contributed by atoms with van der Waals surface area (Å²) in [6, 6.07) is 6.35. The minimum Gasteiger partial charge on any atom is -0.464 e. The maximum atomic E-state index is 14.6. The van der Waals surface area contributed by atoms with Crippen LogP contribution in [0.4, 0.5) is 0 Å². The molecule has 1 aromatic heterocycles. The smallest absolute Gasteiger partial charge is 0.329 e. The van der Waals surface area contributed by atoms with Crippen LogP contribution in [-0.2, 0) is 47.6 Å². The van der Waals surface area contributed by atoms with Gasteiger partial charge in [-0.15, -0.1) is 0 Å². The van der Waals surface area contributed by atoms with E-state index in [1.165, 1.54) is 19.1 Å². The first-order chi connectivity index (χ1) is 32.4. The molecule has 2 aromatic rings. The lowest BCUT2D eigenvalue weighted by molar-refractivity contribution is -0.344. The third kappa shape index (κ3) is 11.9. The van der Waals surface area contributed by atoms with Gasteiger partial charge in [0.25, 0.3) is 11.7 Å². The molecular formula is C53H77NO14. The summed E-state index contributed by atoms with van der Waals surface area (Å²) in [4.78, 5) is 58.5. The number of methoxy groups -OCH3 is 3. The van der Waals surface area contributed by atoms with Crippen molar-refractivity contribution in [2.75, 3.05) is 34.5 Å². The van der Waals surface area contributed by atoms with Gasteiger partial charge in [-0.05, 0) is 102 Å². The summed E-state index contributed by atoms with van der Waals surface area (Å²) >= 11 is 0. The third-order valence-corrected chi connectivity index (χ3v) is 15.3. The lowest BCUT2D eigenvalue weighted by Gasteiger charge is -2.48. The maximum Gasteiger partial charge on any atom is 0.329 e. The first kappa shape index (κ1) is 53.5. The predicted molar refractivity (Wildman–Crippen MR) is 253 cm³/mol. The molecule has 6 rings (SSSR count). The summed E-state index contributed by atoms with van der Waals surface area (Å²) < 4.78 is 42.5. The zero-order valence-electron chi connectivity index (χ0n) is 41.6. The summed E-state index contributed by atoms with van der Waals surface area (Å²) in [5.74, 6) is -9.13. The zero-order chi connectivity index (χ0) is 49.5. The molecule has 2 saturated heterocycles. The standard InChI is InChI=1S/C53H77NO14/c1-10-37-24-31(2)23-32(3)28-52(63-8,64-9)47-21-18-34(5)53(61,68-47)49(58)50(59)54-22-14-13-16-40(54)51(60)67-48(35(6)41(55)27-42(37)56)33(4)25-36-19-20-45(46(26-36)62-7)66-30-43(57)39-29-65-44-17-12-11-15-38(39)44/h11-12,15,17,24-25,29,32,34-37,40-41,43,45-48,55,57,61H,10,13-14,16,18-23,26-28,30H2,1-9H3. The SMILES string of the molecule is CCC1C=C(C)CC(C)CC(OC)(OC)C2CCC(C)C(O)(O2)C(=O)C(=O)N2CCCCC2C(=O)OC(C(C)=CC2CCC(OCC(O)c3coc4ccccc34)C(OC)C2)C(C)C(O)CC1=O. The normalized spacial score (nSPS) is 34.7. The molecule has 2 bridgehead atoms. The number of allylic oxidation sites excluding steroid dienone is 3. The number of amides is 1. The van der Waals surface area contributed by atoms with Gasteiger partial charge in [0.15, 0.2) is 5.79 Å². The second-order valence-corrected chi connectivity index (χ2v) is 20.2. The molecule has 4 aliphatic rings. The van der Waals surface area contributed by atoms with Crippen LogP contribution in [0.15, 0.2) is 58.2 Å². The van der Waals surface area contributed by atoms with E-state index in [2.05, 4.69) is 0 Å². The van der Waals surface area contributed by atoms with Crippen LogP contribution in [0.2, 0.25) is 0 Å². The average molecular weight is 952 g/mol. The van der Waals surface area contributed by atoms with Gasteiger partial charge >= 0.3 is 5.97 Å². The molecule has 1 saturated carbocycles. The molecule has 1 aromatic carbocycles. The van der Waals surface area contributed by atoms with Gasteiger partial charge in [-0.25, -0.2) is 4.79 Å². The number of carbonyl (C=O) groups is 4. The van der Waals surface area contributed by atoms with E-state index in [0.29, 0.717) is 80.9 Å². The number of aliphatic hydroxyl groups excluding tert-OH is 2. The topological polar surface area (TPSA) is 201 Å². The van der Waals surface area contributed by atoms with Gasteiger partial charge in [-0.3, -0.25) is 14.4 Å². The molecular weight excluding hydrogens is 875 g/mol. The number of benzene rings is 1. The van der Waals surface area contributed by atoms with E-state index in [-0.39, 0.29) is 55.8 Å². The number of Topliss-reactive ketones (excluding diaryl/α,β-unsaturated/α-hetero) is 2. The Kier molecular flexibility index (Phi) is 18.4. The van der Waals surface area contributed by atoms with Crippen molar-refractivity contribution in [3.63, 3.8) is 0 Å². The Morgan fingerprint density at radius 3 is 2.41 bits per heavy atom. The van der Waals surface area contributed by atoms with Crippen molar-refractivity contribution < 1.29 is 67.3 Å². The highest BCUT2D eigenvalue weighted by Gasteiger charge is 2.57. The first-order valence-electron chi connectivity index (χ1n) is 24.8. The number of ether oxygens (including phenoxy) is 6. The number of fused-ring (bicyclic) bond motifs is 4. The lowest BCUT2D eigenvalue weighted by Crippen LogP contribution is -2.64. The van der Waals surface area contributed by atoms with Gasteiger partial charge in [-0.1, -0.05) is 63.6 Å². The zero-order valence-corrected chi connectivity index (χ0v) is 41.6. The second kappa shape index (κ2) is 23.4. The fraction of sp³-hybridized carbons (Fsp3) is 0.698. The van der Waals surface area contributed by atoms with Gasteiger partial charge in [0.1, 0.15) is 35.7 Å². The van der Waals surface area contributed by atoms with Crippen molar-refractivity contribution in [2.45, 2.75) is 173 Å². The number of hydrogen-bond acceptors (Lipinski definition) is 14. The molecule has 1 amide bonds. The largest absolute Gasteiger partial charge is 0.464 e. The number of para-hydroxylation sites is 1. The van der Waals surface area contributed by atoms with Gasteiger partial charge in [0.05, 0.1) is 31.2 Å². The number of rotatable bonds is 10. The van der Waals surface area contributed by atoms with E-state index >= 15 is 0 Å². The van der Waals surface area contributed by atoms with Crippen LogP contribution in [0.1, 0.15) is 130 Å². The Morgan fingerprint density at radius 2 is 1.71 bits per heavy atom. The Hall–Kier alpha value is -3.80. The number of carbonyl (C=O) groups excluding carboxylic acids is 4. The van der Waals surface area contributed by atoms with E-state index in [0.717, 1.165) is 11.0 Å². The Balaban J connectivity index is 1.27. The summed E-state index contributed by atoms with van der Waals surface area (Å²) in [7, 11) is 4.59. The first-order valence-corrected chi connectivity index (χ1v) is 24.8. The van der Waals surface area contributed by atoms with E-state index in [1.807, 2.05) is 64.1 Å². The molecule has 3 fully saturated rings. The molecule has 13 atom stereocenters. The van der Waals surface area contributed by atoms with Gasteiger partial charge in [-0.2, -0.15) is 0 Å². The number of ketones is 2. The van der Waals surface area contributed by atoms with Crippen molar-refractivity contribution in [3.8, 4) is 0 Å². The quantitative estimate of drug-likeness (QED) is 0.0926. The molecule has 13 unspecified atom stereocenters. The number of esters is 1. The van der Waals surface area contributed by atoms with Crippen LogP contribution >= 0.6 is 0 Å². The molecule has 3 aliphatic heterocycles. The molecule has 0 radical (unpaired) electrons. The van der Waals surface area contributed by atoms with Crippen LogP contribution in [0.5, 0.6) is 0 Å². The molecule has 15 nitrogen and oxygen atoms in total. The molecule has 0 spiro atoms. The maximum absolute atomic E-state index is 14.6. The Morgan fingerprint density at radius 1 is 0.971 bits per heavy atom. The van der Waals surface area contributed by atoms with Crippen LogP contribution in [0.3, 0.4) is 0 Å². The Bertz CT molecular complexity index is 2110. The second-order valence-electron chi connectivity index (χ2n) is 20.2. The van der Waals surface area contributed by atoms with Crippen LogP contribution < -0.4 is 0 Å². The van der Waals surface area contributed by atoms with E-state index in [4.69, 9.17) is 32.8 Å². The summed E-state index contributed by atoms with van der Waals surface area (Å²) in [6.07, 6.45) is 6.01. The minimum absolute atomic E-state index is 0.0419. The fourth-order valence-corrected chi connectivity index (χ4v) is 11.2. The number of hydrogen-bond donors (Lipinski definition) is 3. The van der Waals surface area contributed by atoms with Crippen molar-refractivity contribution in [1.29, 1.82) is 0 Å². The lowest BCUT2D eigenvalue weighted by atomic mass is 9.81. The van der Waals surface area contributed by atoms with Gasteiger partial charge < -0.3 is 53.1 Å². The number of aliphatic hydroxyl groups is 3. The van der Waals surface area contributed by atoms with Crippen molar-refractivity contribution in [3.05, 3.63) is 59.4 Å². The highest BCUT2D eigenvalue weighted by Crippen LogP contribution is 2.42. The van der Waals surface area contributed by atoms with E-state index in [1.54, 1.807) is 27.2 Å². The van der Waals surface area contributed by atoms with Gasteiger partial charge in [0.2, 0.25) is 5.79 Å². The highest BCUT2D eigenvalue weighted by atomic mass is 16.7. The summed E-state index contributed by atoms with van der Waals surface area (Å²) in [5, 5.41) is 35.9. The summed E-state index contributed by atoms with van der Waals surface area (Å²) in [5.41, 5.74) is 2.95. The van der Waals surface area contributed by atoms with Crippen LogP contribution in [0.25, 0.3) is 11.0 Å². The van der Waals surface area contributed by atoms with Crippen molar-refractivity contribution in [1.82, 2.24) is 4.90 Å². The third-order valence-electron chi connectivity index (χ3n) is 15.3. The molecule has 1 aliphatic carbocycles. The number of nitrogens with zero attached hydrogens (tertiary/aromatic N) is 1. The monoisotopic (exact) mass is 952 g/mol. The van der Waals surface area contributed by atoms with Gasteiger partial charge in [0, 0.05) is 69.4 Å². The minimum atomic E-state index is -2.53. The van der Waals surface area contributed by atoms with Crippen molar-refractivity contribution >= 4 is 34.4 Å². The molecule has 378 valence electrons. The molecule has 3 N–H and O–H groups in total. The number of furan rings is 1. The molecule has 4 heterocycles. The van der Waals surface area contributed by atoms with E-state index in [9.17, 15) is 34.5 Å². The van der Waals surface area contributed by atoms with Crippen LogP contribution in [-0.4, -0.2) is 126 Å².